The second-order valence-electron chi connectivity index (χ2n) is 9.69. The van der Waals surface area contributed by atoms with Gasteiger partial charge in [-0.3, -0.25) is 25.4 Å². The minimum Gasteiger partial charge on any atom is -0.269 e. The van der Waals surface area contributed by atoms with Crippen LogP contribution in [0.3, 0.4) is 0 Å². The molecule has 1 aliphatic heterocycles. The number of hydrogen-bond acceptors (Lipinski definition) is 12. The van der Waals surface area contributed by atoms with Crippen molar-refractivity contribution in [3.8, 4) is 0 Å². The van der Waals surface area contributed by atoms with Gasteiger partial charge >= 0.3 is 0 Å². The van der Waals surface area contributed by atoms with Gasteiger partial charge in [0.05, 0.1) is 0 Å². The minimum absolute atomic E-state index is 0.894. The van der Waals surface area contributed by atoms with Gasteiger partial charge in [0.1, 0.15) is 0 Å². The molecule has 0 spiro atoms. The second kappa shape index (κ2) is 24.4. The SMILES string of the molecule is CCCNN1P(NCCC)N=P(NCCC)(NCCC)N(NCCC)P(NCCC)N(NCCC)P1NCCC. The molecular weight excluding hydrogens is 580 g/mol. The van der Waals surface area contributed by atoms with Crippen LogP contribution >= 0.6 is 32.6 Å². The van der Waals surface area contributed by atoms with Gasteiger partial charge in [0.2, 0.25) is 0 Å². The highest BCUT2D eigenvalue weighted by molar-refractivity contribution is 7.81. The summed E-state index contributed by atoms with van der Waals surface area (Å²) in [6.45, 7) is 25.3. The van der Waals surface area contributed by atoms with Gasteiger partial charge in [0.15, 0.2) is 32.6 Å². The molecule has 8 N–H and O–H groups in total. The molecule has 1 heterocycles. The summed E-state index contributed by atoms with van der Waals surface area (Å²) < 4.78 is 13.3. The molecule has 0 aromatic heterocycles. The van der Waals surface area contributed by atoms with Gasteiger partial charge in [-0.1, -0.05) is 55.4 Å². The largest absolute Gasteiger partial charge is 0.269 e. The van der Waals surface area contributed by atoms with E-state index in [1.165, 1.54) is 0 Å². The van der Waals surface area contributed by atoms with Crippen LogP contribution in [0.1, 0.15) is 107 Å². The first-order chi connectivity index (χ1) is 19.5. The maximum atomic E-state index is 5.85. The predicted molar refractivity (Wildman–Crippen MR) is 182 cm³/mol. The first kappa shape index (κ1) is 39.1. The lowest BCUT2D eigenvalue weighted by Gasteiger charge is -2.52. The molecule has 0 saturated heterocycles. The Morgan fingerprint density at radius 3 is 1.40 bits per heavy atom. The fourth-order valence-electron chi connectivity index (χ4n) is 3.51. The summed E-state index contributed by atoms with van der Waals surface area (Å²) in [6.07, 6.45) is 8.47. The highest BCUT2D eigenvalue weighted by atomic mass is 31.3. The Labute approximate surface area is 251 Å². The lowest BCUT2D eigenvalue weighted by Crippen LogP contribution is -2.53. The third-order valence-corrected chi connectivity index (χ3v) is 16.6. The molecule has 3 unspecified atom stereocenters. The quantitative estimate of drug-likeness (QED) is 0.0568. The number of hydrazine groups is 3. The molecule has 0 amide bonds. The van der Waals surface area contributed by atoms with Crippen LogP contribution in [0.5, 0.6) is 0 Å². The minimum atomic E-state index is -2.42. The monoisotopic (exact) mass is 644 g/mol. The maximum Gasteiger partial charge on any atom is 0.189 e. The highest BCUT2D eigenvalue weighted by Gasteiger charge is 2.46. The summed E-state index contributed by atoms with van der Waals surface area (Å²) >= 11 is 0. The Balaban J connectivity index is 4.05. The molecule has 240 valence electrons. The molecule has 1 aliphatic rings. The van der Waals surface area contributed by atoms with E-state index in [-0.39, 0.29) is 0 Å². The van der Waals surface area contributed by atoms with Gasteiger partial charge in [-0.15, -0.1) is 13.6 Å². The van der Waals surface area contributed by atoms with Gasteiger partial charge < -0.3 is 0 Å². The first-order valence-electron chi connectivity index (χ1n) is 15.9. The van der Waals surface area contributed by atoms with Crippen LogP contribution in [0.15, 0.2) is 4.52 Å². The van der Waals surface area contributed by atoms with Crippen molar-refractivity contribution in [3.63, 3.8) is 0 Å². The van der Waals surface area contributed by atoms with Crippen molar-refractivity contribution in [1.29, 1.82) is 0 Å². The van der Waals surface area contributed by atoms with Gasteiger partial charge in [-0.25, -0.2) is 20.8 Å². The van der Waals surface area contributed by atoms with Crippen molar-refractivity contribution in [3.05, 3.63) is 0 Å². The van der Waals surface area contributed by atoms with Crippen molar-refractivity contribution in [2.75, 3.05) is 52.4 Å². The lowest BCUT2D eigenvalue weighted by atomic mass is 10.5. The van der Waals surface area contributed by atoms with E-state index in [2.05, 4.69) is 111 Å². The predicted octanol–water partition coefficient (Wildman–Crippen LogP) is 6.27. The van der Waals surface area contributed by atoms with Crippen LogP contribution in [-0.2, 0) is 0 Å². The van der Waals surface area contributed by atoms with Crippen LogP contribution in [0.2, 0.25) is 0 Å². The Kier molecular flexibility index (Phi) is 23.9. The van der Waals surface area contributed by atoms with Crippen LogP contribution in [0, 0.1) is 0 Å². The first-order valence-corrected chi connectivity index (χ1v) is 21.3. The van der Waals surface area contributed by atoms with Crippen molar-refractivity contribution >= 4 is 32.6 Å². The molecule has 40 heavy (non-hydrogen) atoms. The normalized spacial score (nSPS) is 22.8. The van der Waals surface area contributed by atoms with E-state index in [0.717, 1.165) is 104 Å². The van der Waals surface area contributed by atoms with Crippen LogP contribution in [0.25, 0.3) is 0 Å². The average Bonchev–Trinajstić information content (AvgIpc) is 2.97. The molecule has 0 aromatic rings. The molecule has 0 radical (unpaired) electrons. The van der Waals surface area contributed by atoms with E-state index in [9.17, 15) is 0 Å². The highest BCUT2D eigenvalue weighted by Crippen LogP contribution is 2.71. The van der Waals surface area contributed by atoms with Crippen molar-refractivity contribution in [1.82, 2.24) is 55.4 Å². The summed E-state index contributed by atoms with van der Waals surface area (Å²) in [7, 11) is -5.51. The third kappa shape index (κ3) is 13.0. The smallest absolute Gasteiger partial charge is 0.189 e. The summed E-state index contributed by atoms with van der Waals surface area (Å²) in [5, 5.41) is 19.8. The molecule has 12 nitrogen and oxygen atoms in total. The van der Waals surface area contributed by atoms with Gasteiger partial charge in [-0.2, -0.15) is 0 Å². The topological polar surface area (TPSA) is 118 Å². The zero-order chi connectivity index (χ0) is 29.6. The average molecular weight is 645 g/mol. The number of hydrogen-bond donors (Lipinski definition) is 8. The molecular formula is C24H64N12P4. The summed E-state index contributed by atoms with van der Waals surface area (Å²) in [6, 6.07) is 0. The van der Waals surface area contributed by atoms with E-state index in [0.29, 0.717) is 0 Å². The number of nitrogens with one attached hydrogen (secondary N) is 8. The Bertz CT molecular complexity index is 653. The molecule has 0 aromatic carbocycles. The Morgan fingerprint density at radius 2 is 0.900 bits per heavy atom. The van der Waals surface area contributed by atoms with Crippen LogP contribution in [-0.4, -0.2) is 66.0 Å². The van der Waals surface area contributed by atoms with Gasteiger partial charge in [0, 0.05) is 52.4 Å². The molecule has 0 aliphatic carbocycles. The van der Waals surface area contributed by atoms with Crippen molar-refractivity contribution in [2.24, 2.45) is 4.52 Å². The zero-order valence-electron chi connectivity index (χ0n) is 26.9. The number of rotatable bonds is 24. The van der Waals surface area contributed by atoms with Gasteiger partial charge in [0.25, 0.3) is 0 Å². The molecule has 16 heteroatoms. The fraction of sp³-hybridized carbons (Fsp3) is 1.00. The van der Waals surface area contributed by atoms with Gasteiger partial charge in [-0.05, 0) is 51.4 Å². The van der Waals surface area contributed by atoms with E-state index in [1.807, 2.05) is 0 Å². The van der Waals surface area contributed by atoms with Crippen LogP contribution < -0.4 is 41.7 Å². The van der Waals surface area contributed by atoms with Crippen molar-refractivity contribution in [2.45, 2.75) is 107 Å². The Morgan fingerprint density at radius 1 is 0.475 bits per heavy atom. The zero-order valence-corrected chi connectivity index (χ0v) is 30.5. The van der Waals surface area contributed by atoms with Crippen LogP contribution in [0.4, 0.5) is 0 Å². The second-order valence-corrected chi connectivity index (χ2v) is 18.3. The summed E-state index contributed by atoms with van der Waals surface area (Å²) in [4.78, 5) is 0. The van der Waals surface area contributed by atoms with E-state index in [4.69, 9.17) is 4.52 Å². The third-order valence-electron chi connectivity index (χ3n) is 5.57. The molecule has 3 atom stereocenters. The summed E-state index contributed by atoms with van der Waals surface area (Å²) in [5.41, 5.74) is 11.6. The van der Waals surface area contributed by atoms with E-state index >= 15 is 0 Å². The van der Waals surface area contributed by atoms with E-state index in [1.54, 1.807) is 0 Å². The molecule has 1 rings (SSSR count). The molecule has 0 saturated carbocycles. The van der Waals surface area contributed by atoms with Crippen molar-refractivity contribution < 1.29 is 0 Å². The lowest BCUT2D eigenvalue weighted by molar-refractivity contribution is 0.392. The molecule has 0 bridgehead atoms. The Hall–Kier alpha value is 1.08. The van der Waals surface area contributed by atoms with E-state index < -0.39 is 32.6 Å². The number of nitrogens with zero attached hydrogens (tertiary/aromatic N) is 4. The fourth-order valence-corrected chi connectivity index (χ4v) is 16.6. The summed E-state index contributed by atoms with van der Waals surface area (Å²) in [5.74, 6) is 0. The maximum absolute atomic E-state index is 5.85. The molecule has 0 fully saturated rings. The standard InChI is InChI=1S/C24H64N12P4/c1-9-17-25-34-37(28-20-12-4)33-40(31-23-15-7,32-24-16-8)36(27-19-11-3)39(30-22-14-6)35(26-18-10-2)38(34)29-21-13-5/h25-32H,9-24H2,1-8H3.